The zero-order valence-corrected chi connectivity index (χ0v) is 12.2. The predicted octanol–water partition coefficient (Wildman–Crippen LogP) is 3.95. The Balaban J connectivity index is 2.19. The second-order valence-corrected chi connectivity index (χ2v) is 4.83. The first-order valence-corrected chi connectivity index (χ1v) is 6.63. The van der Waals surface area contributed by atoms with Gasteiger partial charge in [-0.15, -0.1) is 0 Å². The SMILES string of the molecule is COc1cccc(-c2c(N)noc2-c2ccoc2Br)c1. The predicted molar refractivity (Wildman–Crippen MR) is 78.3 cm³/mol. The molecule has 0 fully saturated rings. The van der Waals surface area contributed by atoms with Crippen molar-refractivity contribution in [2.45, 2.75) is 0 Å². The summed E-state index contributed by atoms with van der Waals surface area (Å²) in [6, 6.07) is 9.33. The molecule has 0 aliphatic rings. The topological polar surface area (TPSA) is 74.4 Å². The molecule has 2 heterocycles. The molecule has 5 nitrogen and oxygen atoms in total. The molecule has 1 aromatic carbocycles. The number of halogens is 1. The molecule has 0 saturated carbocycles. The van der Waals surface area contributed by atoms with Crippen LogP contribution in [0, 0.1) is 0 Å². The number of furan rings is 1. The maximum atomic E-state index is 5.93. The number of ether oxygens (including phenoxy) is 1. The van der Waals surface area contributed by atoms with E-state index < -0.39 is 0 Å². The number of rotatable bonds is 3. The number of nitrogens with zero attached hydrogens (tertiary/aromatic N) is 1. The first-order chi connectivity index (χ1) is 9.70. The quantitative estimate of drug-likeness (QED) is 0.784. The number of nitrogens with two attached hydrogens (primary N) is 1. The first-order valence-electron chi connectivity index (χ1n) is 5.83. The molecule has 3 aromatic rings. The zero-order chi connectivity index (χ0) is 14.1. The van der Waals surface area contributed by atoms with E-state index in [1.165, 1.54) is 0 Å². The summed E-state index contributed by atoms with van der Waals surface area (Å²) < 4.78 is 16.4. The number of methoxy groups -OCH3 is 1. The molecule has 0 atom stereocenters. The van der Waals surface area contributed by atoms with E-state index in [0.717, 1.165) is 16.9 Å². The van der Waals surface area contributed by atoms with Crippen molar-refractivity contribution in [2.75, 3.05) is 12.8 Å². The molecule has 3 rings (SSSR count). The standard InChI is InChI=1S/C14H11BrN2O3/c1-18-9-4-2-3-8(7-9)11-12(20-17-14(11)16)10-5-6-19-13(10)15/h2-7H,1H3,(H2,16,17). The maximum Gasteiger partial charge on any atom is 0.181 e. The Kier molecular flexibility index (Phi) is 3.23. The lowest BCUT2D eigenvalue weighted by molar-refractivity contribution is 0.415. The molecule has 2 aromatic heterocycles. The molecule has 20 heavy (non-hydrogen) atoms. The van der Waals surface area contributed by atoms with E-state index in [-0.39, 0.29) is 0 Å². The smallest absolute Gasteiger partial charge is 0.181 e. The van der Waals surface area contributed by atoms with Gasteiger partial charge >= 0.3 is 0 Å². The summed E-state index contributed by atoms with van der Waals surface area (Å²) in [6.45, 7) is 0. The van der Waals surface area contributed by atoms with E-state index >= 15 is 0 Å². The van der Waals surface area contributed by atoms with Gasteiger partial charge < -0.3 is 19.4 Å². The van der Waals surface area contributed by atoms with Crippen molar-refractivity contribution in [1.29, 1.82) is 0 Å². The molecule has 0 amide bonds. The third-order valence-corrected chi connectivity index (χ3v) is 3.55. The minimum Gasteiger partial charge on any atom is -0.497 e. The first kappa shape index (κ1) is 12.8. The van der Waals surface area contributed by atoms with Gasteiger partial charge in [0.05, 0.1) is 24.5 Å². The summed E-state index contributed by atoms with van der Waals surface area (Å²) in [5.41, 5.74) is 8.27. The fourth-order valence-electron chi connectivity index (χ4n) is 2.00. The number of anilines is 1. The van der Waals surface area contributed by atoms with Gasteiger partial charge in [-0.1, -0.05) is 17.3 Å². The summed E-state index contributed by atoms with van der Waals surface area (Å²) in [4.78, 5) is 0. The van der Waals surface area contributed by atoms with Crippen molar-refractivity contribution in [2.24, 2.45) is 0 Å². The van der Waals surface area contributed by atoms with Gasteiger partial charge in [0.1, 0.15) is 5.75 Å². The van der Waals surface area contributed by atoms with Crippen molar-refractivity contribution in [3.63, 3.8) is 0 Å². The van der Waals surface area contributed by atoms with E-state index in [1.807, 2.05) is 24.3 Å². The van der Waals surface area contributed by atoms with E-state index in [9.17, 15) is 0 Å². The van der Waals surface area contributed by atoms with Gasteiger partial charge in [-0.3, -0.25) is 0 Å². The van der Waals surface area contributed by atoms with Crippen LogP contribution in [0.25, 0.3) is 22.5 Å². The molecule has 0 aliphatic carbocycles. The van der Waals surface area contributed by atoms with Crippen LogP contribution in [0.4, 0.5) is 5.82 Å². The fraction of sp³-hybridized carbons (Fsp3) is 0.0714. The highest BCUT2D eigenvalue weighted by Gasteiger charge is 2.21. The minimum atomic E-state index is 0.321. The minimum absolute atomic E-state index is 0.321. The second kappa shape index (κ2) is 5.05. The second-order valence-electron chi connectivity index (χ2n) is 4.11. The van der Waals surface area contributed by atoms with Gasteiger partial charge in [0, 0.05) is 0 Å². The normalized spacial score (nSPS) is 10.7. The lowest BCUT2D eigenvalue weighted by Crippen LogP contribution is -1.90. The Hall–Kier alpha value is -2.21. The van der Waals surface area contributed by atoms with Crippen molar-refractivity contribution in [3.8, 4) is 28.2 Å². The van der Waals surface area contributed by atoms with Crippen molar-refractivity contribution < 1.29 is 13.7 Å². The monoisotopic (exact) mass is 334 g/mol. The van der Waals surface area contributed by atoms with Gasteiger partial charge in [0.2, 0.25) is 0 Å². The van der Waals surface area contributed by atoms with Crippen LogP contribution >= 0.6 is 15.9 Å². The average Bonchev–Trinajstić information content (AvgIpc) is 3.04. The van der Waals surface area contributed by atoms with Crippen LogP contribution in [-0.4, -0.2) is 12.3 Å². The number of aromatic nitrogens is 1. The summed E-state index contributed by atoms with van der Waals surface area (Å²) in [5.74, 6) is 1.61. The number of hydrogen-bond donors (Lipinski definition) is 1. The Morgan fingerprint density at radius 1 is 1.30 bits per heavy atom. The number of benzene rings is 1. The molecule has 0 saturated heterocycles. The van der Waals surface area contributed by atoms with E-state index in [2.05, 4.69) is 21.1 Å². The molecular weight excluding hydrogens is 324 g/mol. The molecule has 0 radical (unpaired) electrons. The summed E-state index contributed by atoms with van der Waals surface area (Å²) >= 11 is 3.33. The van der Waals surface area contributed by atoms with Crippen LogP contribution in [0.3, 0.4) is 0 Å². The maximum absolute atomic E-state index is 5.93. The van der Waals surface area contributed by atoms with E-state index in [4.69, 9.17) is 19.4 Å². The summed E-state index contributed by atoms with van der Waals surface area (Å²) in [7, 11) is 1.61. The molecular formula is C14H11BrN2O3. The van der Waals surface area contributed by atoms with Crippen LogP contribution in [0.5, 0.6) is 5.75 Å². The van der Waals surface area contributed by atoms with Gasteiger partial charge in [-0.2, -0.15) is 0 Å². The van der Waals surface area contributed by atoms with Crippen molar-refractivity contribution in [1.82, 2.24) is 5.16 Å². The number of nitrogen functional groups attached to an aromatic ring is 1. The highest BCUT2D eigenvalue weighted by atomic mass is 79.9. The van der Waals surface area contributed by atoms with Gasteiger partial charge in [0.25, 0.3) is 0 Å². The Labute approximate surface area is 123 Å². The number of hydrogen-bond acceptors (Lipinski definition) is 5. The summed E-state index contributed by atoms with van der Waals surface area (Å²) in [6.07, 6.45) is 1.56. The van der Waals surface area contributed by atoms with Gasteiger partial charge in [0.15, 0.2) is 16.2 Å². The van der Waals surface area contributed by atoms with Gasteiger partial charge in [-0.05, 0) is 39.7 Å². The third-order valence-electron chi connectivity index (χ3n) is 2.94. The van der Waals surface area contributed by atoms with Crippen LogP contribution in [0.15, 0.2) is 50.2 Å². The fourth-order valence-corrected chi connectivity index (χ4v) is 2.42. The molecule has 2 N–H and O–H groups in total. The molecule has 0 aliphatic heterocycles. The molecule has 0 unspecified atom stereocenters. The van der Waals surface area contributed by atoms with E-state index in [1.54, 1.807) is 19.4 Å². The van der Waals surface area contributed by atoms with Crippen LogP contribution in [0.1, 0.15) is 0 Å². The highest BCUT2D eigenvalue weighted by molar-refractivity contribution is 9.10. The Morgan fingerprint density at radius 2 is 2.15 bits per heavy atom. The Morgan fingerprint density at radius 3 is 2.85 bits per heavy atom. The van der Waals surface area contributed by atoms with Gasteiger partial charge in [-0.25, -0.2) is 0 Å². The zero-order valence-electron chi connectivity index (χ0n) is 10.6. The van der Waals surface area contributed by atoms with Crippen molar-refractivity contribution >= 4 is 21.7 Å². The Bertz CT molecular complexity index is 748. The molecule has 6 heteroatoms. The van der Waals surface area contributed by atoms with E-state index in [0.29, 0.717) is 21.8 Å². The molecule has 0 bridgehead atoms. The van der Waals surface area contributed by atoms with Crippen LogP contribution in [0.2, 0.25) is 0 Å². The van der Waals surface area contributed by atoms with Crippen LogP contribution < -0.4 is 10.5 Å². The molecule has 102 valence electrons. The lowest BCUT2D eigenvalue weighted by Gasteiger charge is -2.04. The summed E-state index contributed by atoms with van der Waals surface area (Å²) in [5, 5.41) is 3.84. The van der Waals surface area contributed by atoms with Crippen LogP contribution in [-0.2, 0) is 0 Å². The third kappa shape index (κ3) is 2.08. The van der Waals surface area contributed by atoms with Crippen molar-refractivity contribution in [3.05, 3.63) is 41.3 Å². The largest absolute Gasteiger partial charge is 0.497 e. The average molecular weight is 335 g/mol. The molecule has 0 spiro atoms. The highest BCUT2D eigenvalue weighted by Crippen LogP contribution is 2.40. The lowest BCUT2D eigenvalue weighted by atomic mass is 10.0.